The SMILES string of the molecule is CCN1CCN(C(=O)c2ccccc2CSc2nnc(Cc3ccccc3)n2C(C)COC)CC1. The van der Waals surface area contributed by atoms with Crippen LogP contribution in [0.4, 0.5) is 0 Å². The predicted molar refractivity (Wildman–Crippen MR) is 140 cm³/mol. The Hall–Kier alpha value is -2.68. The Bertz CT molecular complexity index is 1100. The van der Waals surface area contributed by atoms with E-state index in [1.165, 1.54) is 5.56 Å². The number of benzene rings is 2. The summed E-state index contributed by atoms with van der Waals surface area (Å²) >= 11 is 1.62. The lowest BCUT2D eigenvalue weighted by Crippen LogP contribution is -2.48. The van der Waals surface area contributed by atoms with Crippen molar-refractivity contribution in [3.8, 4) is 0 Å². The molecule has 0 aliphatic carbocycles. The van der Waals surface area contributed by atoms with E-state index < -0.39 is 0 Å². The van der Waals surface area contributed by atoms with Gasteiger partial charge in [0.1, 0.15) is 5.82 Å². The molecule has 2 heterocycles. The van der Waals surface area contributed by atoms with Crippen molar-refractivity contribution < 1.29 is 9.53 Å². The fourth-order valence-corrected chi connectivity index (χ4v) is 5.56. The van der Waals surface area contributed by atoms with Gasteiger partial charge in [-0.2, -0.15) is 0 Å². The van der Waals surface area contributed by atoms with Crippen LogP contribution in [-0.4, -0.2) is 76.9 Å². The molecule has 1 fully saturated rings. The number of thioether (sulfide) groups is 1. The topological polar surface area (TPSA) is 63.5 Å². The van der Waals surface area contributed by atoms with Crippen molar-refractivity contribution in [1.82, 2.24) is 24.6 Å². The van der Waals surface area contributed by atoms with Crippen molar-refractivity contribution in [2.75, 3.05) is 46.4 Å². The van der Waals surface area contributed by atoms with E-state index in [2.05, 4.69) is 45.6 Å². The van der Waals surface area contributed by atoms with Crippen LogP contribution in [0.3, 0.4) is 0 Å². The van der Waals surface area contributed by atoms with Crippen LogP contribution >= 0.6 is 11.8 Å². The van der Waals surface area contributed by atoms with Crippen LogP contribution in [0.15, 0.2) is 59.8 Å². The number of carbonyl (C=O) groups excluding carboxylic acids is 1. The number of ether oxygens (including phenoxy) is 1. The highest BCUT2D eigenvalue weighted by Gasteiger charge is 2.24. The molecular weight excluding hydrogens is 458 g/mol. The second-order valence-electron chi connectivity index (χ2n) is 8.91. The monoisotopic (exact) mass is 493 g/mol. The molecule has 1 saturated heterocycles. The molecule has 2 aromatic carbocycles. The number of likely N-dealkylation sites (N-methyl/N-ethyl adjacent to an activating group) is 1. The molecule has 186 valence electrons. The van der Waals surface area contributed by atoms with E-state index in [4.69, 9.17) is 4.74 Å². The Morgan fingerprint density at radius 1 is 1.03 bits per heavy atom. The first-order valence-corrected chi connectivity index (χ1v) is 13.3. The number of piperazine rings is 1. The molecule has 1 atom stereocenters. The van der Waals surface area contributed by atoms with E-state index in [0.29, 0.717) is 18.8 Å². The maximum Gasteiger partial charge on any atom is 0.254 e. The molecule has 0 spiro atoms. The molecule has 1 unspecified atom stereocenters. The highest BCUT2D eigenvalue weighted by molar-refractivity contribution is 7.98. The van der Waals surface area contributed by atoms with Gasteiger partial charge in [0.15, 0.2) is 5.16 Å². The zero-order valence-corrected chi connectivity index (χ0v) is 21.7. The molecule has 0 bridgehead atoms. The zero-order chi connectivity index (χ0) is 24.6. The van der Waals surface area contributed by atoms with Gasteiger partial charge in [0.2, 0.25) is 0 Å². The molecule has 1 aliphatic rings. The minimum Gasteiger partial charge on any atom is -0.383 e. The summed E-state index contributed by atoms with van der Waals surface area (Å²) in [6.45, 7) is 9.32. The van der Waals surface area contributed by atoms with Gasteiger partial charge in [0, 0.05) is 51.0 Å². The Morgan fingerprint density at radius 2 is 1.74 bits per heavy atom. The van der Waals surface area contributed by atoms with E-state index >= 15 is 0 Å². The van der Waals surface area contributed by atoms with Crippen LogP contribution in [0.1, 0.15) is 47.2 Å². The van der Waals surface area contributed by atoms with Gasteiger partial charge in [-0.15, -0.1) is 10.2 Å². The van der Waals surface area contributed by atoms with Gasteiger partial charge in [-0.1, -0.05) is 67.2 Å². The quantitative estimate of drug-likeness (QED) is 0.396. The van der Waals surface area contributed by atoms with Gasteiger partial charge in [-0.25, -0.2) is 0 Å². The Labute approximate surface area is 212 Å². The summed E-state index contributed by atoms with van der Waals surface area (Å²) in [5.74, 6) is 1.69. The van der Waals surface area contributed by atoms with Crippen molar-refractivity contribution in [2.24, 2.45) is 0 Å². The minimum absolute atomic E-state index is 0.1000. The standard InChI is InChI=1S/C27H35N5O2S/c1-4-30-14-16-31(17-15-30)26(33)24-13-9-8-12-23(24)20-35-27-29-28-25(32(27)21(2)19-34-3)18-22-10-6-5-7-11-22/h5-13,21H,4,14-20H2,1-3H3. The molecule has 1 amide bonds. The number of amides is 1. The average molecular weight is 494 g/mol. The predicted octanol–water partition coefficient (Wildman–Crippen LogP) is 4.15. The summed E-state index contributed by atoms with van der Waals surface area (Å²) in [6, 6.07) is 18.4. The van der Waals surface area contributed by atoms with Gasteiger partial charge in [0.25, 0.3) is 5.91 Å². The first-order valence-electron chi connectivity index (χ1n) is 12.3. The molecule has 0 N–H and O–H groups in total. The van der Waals surface area contributed by atoms with Crippen molar-refractivity contribution >= 4 is 17.7 Å². The maximum atomic E-state index is 13.3. The Balaban J connectivity index is 1.51. The highest BCUT2D eigenvalue weighted by Crippen LogP contribution is 2.28. The number of carbonyl (C=O) groups is 1. The van der Waals surface area contributed by atoms with E-state index in [-0.39, 0.29) is 11.9 Å². The van der Waals surface area contributed by atoms with Gasteiger partial charge >= 0.3 is 0 Å². The average Bonchev–Trinajstić information content (AvgIpc) is 3.30. The second kappa shape index (κ2) is 12.3. The fraction of sp³-hybridized carbons (Fsp3) is 0.444. The lowest BCUT2D eigenvalue weighted by molar-refractivity contribution is 0.0642. The first kappa shape index (κ1) is 25.4. The molecule has 1 aromatic heterocycles. The second-order valence-corrected chi connectivity index (χ2v) is 9.85. The van der Waals surface area contributed by atoms with Crippen LogP contribution < -0.4 is 0 Å². The van der Waals surface area contributed by atoms with E-state index in [1.807, 2.05) is 47.4 Å². The van der Waals surface area contributed by atoms with Gasteiger partial charge in [-0.3, -0.25) is 4.79 Å². The van der Waals surface area contributed by atoms with E-state index in [9.17, 15) is 4.79 Å². The molecule has 3 aromatic rings. The molecule has 4 rings (SSSR count). The lowest BCUT2D eigenvalue weighted by Gasteiger charge is -2.34. The summed E-state index contributed by atoms with van der Waals surface area (Å²) in [7, 11) is 1.72. The number of hydrogen-bond acceptors (Lipinski definition) is 6. The number of nitrogens with zero attached hydrogens (tertiary/aromatic N) is 5. The smallest absolute Gasteiger partial charge is 0.254 e. The van der Waals surface area contributed by atoms with Gasteiger partial charge in [-0.05, 0) is 30.7 Å². The van der Waals surface area contributed by atoms with Crippen molar-refractivity contribution in [3.63, 3.8) is 0 Å². The normalized spacial score (nSPS) is 15.3. The minimum atomic E-state index is 0.1000. The summed E-state index contributed by atoms with van der Waals surface area (Å²) in [5.41, 5.74) is 3.01. The first-order chi connectivity index (χ1) is 17.1. The van der Waals surface area contributed by atoms with Gasteiger partial charge in [0.05, 0.1) is 12.6 Å². The summed E-state index contributed by atoms with van der Waals surface area (Å²) in [5, 5.41) is 9.91. The maximum absolute atomic E-state index is 13.3. The van der Waals surface area contributed by atoms with Crippen molar-refractivity contribution in [2.45, 2.75) is 37.2 Å². The third-order valence-corrected chi connectivity index (χ3v) is 7.49. The number of rotatable bonds is 10. The lowest BCUT2D eigenvalue weighted by atomic mass is 10.1. The van der Waals surface area contributed by atoms with Crippen LogP contribution in [0.5, 0.6) is 0 Å². The van der Waals surface area contributed by atoms with Crippen molar-refractivity contribution in [3.05, 3.63) is 77.1 Å². The third kappa shape index (κ3) is 6.31. The number of aromatic nitrogens is 3. The Kier molecular flexibility index (Phi) is 8.95. The van der Waals surface area contributed by atoms with Gasteiger partial charge < -0.3 is 19.1 Å². The Morgan fingerprint density at radius 3 is 2.46 bits per heavy atom. The largest absolute Gasteiger partial charge is 0.383 e. The molecule has 7 nitrogen and oxygen atoms in total. The van der Waals surface area contributed by atoms with Crippen LogP contribution in [0.2, 0.25) is 0 Å². The van der Waals surface area contributed by atoms with Crippen LogP contribution in [0.25, 0.3) is 0 Å². The summed E-state index contributed by atoms with van der Waals surface area (Å²) in [6.07, 6.45) is 0.710. The van der Waals surface area contributed by atoms with Crippen molar-refractivity contribution in [1.29, 1.82) is 0 Å². The molecular formula is C27H35N5O2S. The third-order valence-electron chi connectivity index (χ3n) is 6.50. The highest BCUT2D eigenvalue weighted by atomic mass is 32.2. The number of hydrogen-bond donors (Lipinski definition) is 0. The zero-order valence-electron chi connectivity index (χ0n) is 20.9. The van der Waals surface area contributed by atoms with E-state index in [1.54, 1.807) is 18.9 Å². The van der Waals surface area contributed by atoms with Crippen LogP contribution in [0, 0.1) is 0 Å². The summed E-state index contributed by atoms with van der Waals surface area (Å²) < 4.78 is 7.62. The summed E-state index contributed by atoms with van der Waals surface area (Å²) in [4.78, 5) is 17.7. The molecule has 0 radical (unpaired) electrons. The van der Waals surface area contributed by atoms with Crippen LogP contribution in [-0.2, 0) is 16.9 Å². The molecule has 1 aliphatic heterocycles. The molecule has 35 heavy (non-hydrogen) atoms. The fourth-order valence-electron chi connectivity index (χ4n) is 4.50. The van der Waals surface area contributed by atoms with E-state index in [0.717, 1.165) is 54.8 Å². The molecule has 8 heteroatoms. The number of methoxy groups -OCH3 is 1. The molecule has 0 saturated carbocycles.